The zero-order valence-corrected chi connectivity index (χ0v) is 14.0. The number of rotatable bonds is 1. The summed E-state index contributed by atoms with van der Waals surface area (Å²) in [6.07, 6.45) is 7.32. The molecule has 1 amide bonds. The maximum atomic E-state index is 12.5. The first-order valence-electron chi connectivity index (χ1n) is 8.50. The summed E-state index contributed by atoms with van der Waals surface area (Å²) in [4.78, 5) is 14.6. The average molecular weight is 295 g/mol. The number of anilines is 1. The molecule has 2 nitrogen and oxygen atoms in total. The van der Waals surface area contributed by atoms with Gasteiger partial charge >= 0.3 is 0 Å². The smallest absolute Gasteiger partial charge is 0.224 e. The molecular weight excluding hydrogens is 270 g/mol. The number of amides is 1. The first kappa shape index (κ1) is 14.0. The molecule has 1 aliphatic heterocycles. The summed E-state index contributed by atoms with van der Waals surface area (Å²) in [5.41, 5.74) is 2.82. The van der Waals surface area contributed by atoms with Gasteiger partial charge in [-0.1, -0.05) is 51.1 Å². The first-order chi connectivity index (χ1) is 10.4. The van der Waals surface area contributed by atoms with Crippen LogP contribution >= 0.6 is 0 Å². The minimum atomic E-state index is 0.118. The van der Waals surface area contributed by atoms with Crippen LogP contribution in [0.15, 0.2) is 36.4 Å². The molecule has 0 saturated heterocycles. The maximum absolute atomic E-state index is 12.5. The van der Waals surface area contributed by atoms with E-state index in [1.165, 1.54) is 18.4 Å². The van der Waals surface area contributed by atoms with E-state index < -0.39 is 0 Å². The van der Waals surface area contributed by atoms with Gasteiger partial charge in [0.15, 0.2) is 0 Å². The molecule has 0 N–H and O–H groups in total. The Hall–Kier alpha value is -1.57. The van der Waals surface area contributed by atoms with Crippen LogP contribution in [0.2, 0.25) is 0 Å². The van der Waals surface area contributed by atoms with Crippen LogP contribution in [-0.4, -0.2) is 11.9 Å². The Morgan fingerprint density at radius 1 is 1.23 bits per heavy atom. The Morgan fingerprint density at radius 2 is 1.95 bits per heavy atom. The molecule has 0 aromatic heterocycles. The fourth-order valence-corrected chi connectivity index (χ4v) is 5.40. The van der Waals surface area contributed by atoms with Gasteiger partial charge in [-0.3, -0.25) is 4.79 Å². The van der Waals surface area contributed by atoms with Gasteiger partial charge in [-0.2, -0.15) is 0 Å². The summed E-state index contributed by atoms with van der Waals surface area (Å²) in [5, 5.41) is 0. The summed E-state index contributed by atoms with van der Waals surface area (Å²) >= 11 is 0. The van der Waals surface area contributed by atoms with E-state index >= 15 is 0 Å². The van der Waals surface area contributed by atoms with Crippen molar-refractivity contribution in [2.45, 2.75) is 52.5 Å². The van der Waals surface area contributed by atoms with Gasteiger partial charge in [-0.25, -0.2) is 0 Å². The lowest BCUT2D eigenvalue weighted by Gasteiger charge is -2.59. The number of allylic oxidation sites excluding steroid dienone is 1. The van der Waals surface area contributed by atoms with Crippen LogP contribution in [-0.2, 0) is 4.79 Å². The van der Waals surface area contributed by atoms with Gasteiger partial charge in [-0.15, -0.1) is 0 Å². The van der Waals surface area contributed by atoms with Gasteiger partial charge in [0.1, 0.15) is 0 Å². The van der Waals surface area contributed by atoms with Crippen LogP contribution in [0, 0.1) is 16.7 Å². The number of fused-ring (bicyclic) bond motifs is 2. The van der Waals surface area contributed by atoms with E-state index in [0.717, 1.165) is 5.69 Å². The monoisotopic (exact) mass is 295 g/mol. The maximum Gasteiger partial charge on any atom is 0.224 e. The largest absolute Gasteiger partial charge is 0.308 e. The highest BCUT2D eigenvalue weighted by atomic mass is 16.2. The molecule has 2 unspecified atom stereocenters. The normalized spacial score (nSPS) is 38.3. The quantitative estimate of drug-likeness (QED) is 0.698. The van der Waals surface area contributed by atoms with Crippen molar-refractivity contribution in [3.8, 4) is 0 Å². The van der Waals surface area contributed by atoms with E-state index in [2.05, 4.69) is 62.1 Å². The summed E-state index contributed by atoms with van der Waals surface area (Å²) < 4.78 is 0. The van der Waals surface area contributed by atoms with E-state index in [9.17, 15) is 4.79 Å². The Kier molecular flexibility index (Phi) is 2.71. The fraction of sp³-hybridized carbons (Fsp3) is 0.550. The molecule has 0 spiro atoms. The second-order valence-electron chi connectivity index (χ2n) is 7.98. The van der Waals surface area contributed by atoms with Crippen LogP contribution < -0.4 is 4.90 Å². The predicted molar refractivity (Wildman–Crippen MR) is 89.9 cm³/mol. The average Bonchev–Trinajstić information content (AvgIpc) is 2.85. The third-order valence-electron chi connectivity index (χ3n) is 6.67. The van der Waals surface area contributed by atoms with Crippen molar-refractivity contribution in [2.75, 3.05) is 4.90 Å². The SMILES string of the molecule is CC(=O)N1c2ccccc2C2C1[C@@]1(C(C)C)C=C[C@]2(C)CC1. The Bertz CT molecular complexity index is 676. The van der Waals surface area contributed by atoms with E-state index in [-0.39, 0.29) is 22.8 Å². The van der Waals surface area contributed by atoms with Crippen molar-refractivity contribution in [2.24, 2.45) is 16.7 Å². The molecule has 2 bridgehead atoms. The van der Waals surface area contributed by atoms with Gasteiger partial charge in [0.2, 0.25) is 5.91 Å². The van der Waals surface area contributed by atoms with E-state index in [1.807, 2.05) is 0 Å². The number of para-hydroxylation sites is 1. The second-order valence-corrected chi connectivity index (χ2v) is 7.98. The Balaban J connectivity index is 1.99. The minimum absolute atomic E-state index is 0.118. The van der Waals surface area contributed by atoms with E-state index in [4.69, 9.17) is 0 Å². The number of benzene rings is 1. The van der Waals surface area contributed by atoms with Crippen LogP contribution in [0.1, 0.15) is 52.0 Å². The van der Waals surface area contributed by atoms with Gasteiger partial charge < -0.3 is 4.90 Å². The molecule has 116 valence electrons. The first-order valence-corrected chi connectivity index (χ1v) is 8.50. The van der Waals surface area contributed by atoms with Crippen LogP contribution in [0.25, 0.3) is 0 Å². The minimum Gasteiger partial charge on any atom is -0.308 e. The summed E-state index contributed by atoms with van der Waals surface area (Å²) in [5.74, 6) is 1.16. The Morgan fingerprint density at radius 3 is 2.55 bits per heavy atom. The van der Waals surface area contributed by atoms with Gasteiger partial charge in [0.05, 0.1) is 6.04 Å². The van der Waals surface area contributed by atoms with Crippen molar-refractivity contribution >= 4 is 11.6 Å². The number of nitrogens with zero attached hydrogens (tertiary/aromatic N) is 1. The van der Waals surface area contributed by atoms with Crippen molar-refractivity contribution in [1.82, 2.24) is 0 Å². The molecule has 1 saturated carbocycles. The van der Waals surface area contributed by atoms with Crippen molar-refractivity contribution < 1.29 is 4.79 Å². The summed E-state index contributed by atoms with van der Waals surface area (Å²) in [7, 11) is 0. The van der Waals surface area contributed by atoms with E-state index in [1.54, 1.807) is 6.92 Å². The van der Waals surface area contributed by atoms with Crippen molar-refractivity contribution in [1.29, 1.82) is 0 Å². The highest BCUT2D eigenvalue weighted by Crippen LogP contribution is 2.67. The number of carbonyl (C=O) groups excluding carboxylic acids is 1. The lowest BCUT2D eigenvalue weighted by Crippen LogP contribution is -2.59. The van der Waals surface area contributed by atoms with Crippen LogP contribution in [0.5, 0.6) is 0 Å². The van der Waals surface area contributed by atoms with Crippen LogP contribution in [0.3, 0.4) is 0 Å². The van der Waals surface area contributed by atoms with E-state index in [0.29, 0.717) is 11.8 Å². The molecule has 1 heterocycles. The van der Waals surface area contributed by atoms with Crippen molar-refractivity contribution in [3.63, 3.8) is 0 Å². The van der Waals surface area contributed by atoms with Crippen LogP contribution in [0.4, 0.5) is 5.69 Å². The van der Waals surface area contributed by atoms with Gasteiger partial charge in [-0.05, 0) is 35.8 Å². The zero-order valence-electron chi connectivity index (χ0n) is 14.0. The highest BCUT2D eigenvalue weighted by Gasteiger charge is 2.62. The molecular formula is C20H25NO. The fourth-order valence-electron chi connectivity index (χ4n) is 5.40. The van der Waals surface area contributed by atoms with Gasteiger partial charge in [0, 0.05) is 23.9 Å². The molecule has 4 aliphatic rings. The molecule has 3 aliphatic carbocycles. The molecule has 1 aromatic rings. The molecule has 0 radical (unpaired) electrons. The lowest BCUT2D eigenvalue weighted by atomic mass is 9.48. The highest BCUT2D eigenvalue weighted by molar-refractivity contribution is 5.95. The number of hydrogen-bond acceptors (Lipinski definition) is 1. The number of carbonyl (C=O) groups is 1. The topological polar surface area (TPSA) is 20.3 Å². The Labute approximate surface area is 133 Å². The summed E-state index contributed by atoms with van der Waals surface area (Å²) in [6, 6.07) is 8.84. The molecule has 4 atom stereocenters. The van der Waals surface area contributed by atoms with Crippen molar-refractivity contribution in [3.05, 3.63) is 42.0 Å². The standard InChI is InChI=1S/C20H25NO/c1-13(2)20-11-9-19(4,10-12-20)17-15-7-5-6-8-16(15)21(14(3)22)18(17)20/h5-9,11,13,17-18H,10,12H2,1-4H3/t17?,18?,19-,20+/m1/s1. The number of hydrogen-bond donors (Lipinski definition) is 0. The molecule has 1 aromatic carbocycles. The second kappa shape index (κ2) is 4.24. The molecule has 22 heavy (non-hydrogen) atoms. The zero-order chi connectivity index (χ0) is 15.7. The van der Waals surface area contributed by atoms with Gasteiger partial charge in [0.25, 0.3) is 0 Å². The predicted octanol–water partition coefficient (Wildman–Crippen LogP) is 4.52. The molecule has 1 fully saturated rings. The third kappa shape index (κ3) is 1.48. The third-order valence-corrected chi connectivity index (χ3v) is 6.67. The molecule has 5 rings (SSSR count). The molecule has 2 heteroatoms. The summed E-state index contributed by atoms with van der Waals surface area (Å²) in [6.45, 7) is 8.74. The lowest BCUT2D eigenvalue weighted by molar-refractivity contribution is -0.118.